The first kappa shape index (κ1) is 17.7. The van der Waals surface area contributed by atoms with Crippen molar-refractivity contribution < 1.29 is 24.6 Å². The highest BCUT2D eigenvalue weighted by molar-refractivity contribution is 6.30. The first-order valence-corrected chi connectivity index (χ1v) is 8.75. The lowest BCUT2D eigenvalue weighted by atomic mass is 9.80. The molecule has 1 aliphatic carbocycles. The molecule has 0 aliphatic heterocycles. The zero-order valence-electron chi connectivity index (χ0n) is 15.0. The Kier molecular flexibility index (Phi) is 4.08. The first-order chi connectivity index (χ1) is 13.4. The van der Waals surface area contributed by atoms with Crippen LogP contribution in [0.3, 0.4) is 0 Å². The molecule has 138 valence electrons. The van der Waals surface area contributed by atoms with E-state index >= 15 is 0 Å². The molecule has 0 amide bonds. The number of fused-ring (bicyclic) bond motifs is 2. The fourth-order valence-electron chi connectivity index (χ4n) is 3.60. The third-order valence-corrected chi connectivity index (χ3v) is 5.05. The summed E-state index contributed by atoms with van der Waals surface area (Å²) >= 11 is 0. The minimum atomic E-state index is -0.631. The highest BCUT2D eigenvalue weighted by atomic mass is 16.3. The lowest BCUT2D eigenvalue weighted by Crippen LogP contribution is -2.22. The molecular weight excluding hydrogens is 356 g/mol. The highest BCUT2D eigenvalue weighted by Crippen LogP contribution is 2.39. The van der Waals surface area contributed by atoms with E-state index in [4.69, 9.17) is 0 Å². The first-order valence-electron chi connectivity index (χ1n) is 8.75. The summed E-state index contributed by atoms with van der Waals surface area (Å²) in [5.74, 6) is -1.99. The number of aryl methyl sites for hydroxylation is 1. The number of benzene rings is 3. The van der Waals surface area contributed by atoms with Crippen molar-refractivity contribution >= 4 is 17.3 Å². The molecule has 0 fully saturated rings. The molecule has 0 atom stereocenters. The number of phenolic OH excluding ortho intramolecular Hbond substituents is 2. The number of carbonyl (C=O) groups excluding carboxylic acids is 3. The third kappa shape index (κ3) is 2.60. The maximum absolute atomic E-state index is 13.0. The molecular formula is C23H16O5. The number of Topliss-reactive ketones (excluding diaryl/α,β-unsaturated/α-hetero) is 1. The third-order valence-electron chi connectivity index (χ3n) is 5.05. The van der Waals surface area contributed by atoms with Gasteiger partial charge in [0, 0.05) is 28.7 Å². The molecule has 0 saturated carbocycles. The fourth-order valence-corrected chi connectivity index (χ4v) is 3.60. The van der Waals surface area contributed by atoms with E-state index in [2.05, 4.69) is 0 Å². The van der Waals surface area contributed by atoms with Crippen LogP contribution < -0.4 is 0 Å². The Morgan fingerprint density at radius 2 is 1.57 bits per heavy atom. The van der Waals surface area contributed by atoms with Gasteiger partial charge in [-0.05, 0) is 24.6 Å². The molecule has 0 radical (unpaired) electrons. The number of ketones is 3. The van der Waals surface area contributed by atoms with Gasteiger partial charge in [-0.15, -0.1) is 0 Å². The summed E-state index contributed by atoms with van der Waals surface area (Å²) in [7, 11) is 0. The van der Waals surface area contributed by atoms with Crippen LogP contribution >= 0.6 is 0 Å². The number of carbonyl (C=O) groups is 3. The summed E-state index contributed by atoms with van der Waals surface area (Å²) in [6.07, 6.45) is -0.107. The Bertz CT molecular complexity index is 1160. The van der Waals surface area contributed by atoms with Crippen molar-refractivity contribution in [3.63, 3.8) is 0 Å². The maximum Gasteiger partial charge on any atom is 0.201 e. The normalized spacial score (nSPS) is 12.5. The monoisotopic (exact) mass is 372 g/mol. The Balaban J connectivity index is 1.84. The smallest absolute Gasteiger partial charge is 0.201 e. The SMILES string of the molecule is Cc1cc2c(c(O)c1CC(=O)c1ccccc1)C(=O)c1c(O)cccc1C2=O. The van der Waals surface area contributed by atoms with Crippen LogP contribution in [0.4, 0.5) is 0 Å². The Morgan fingerprint density at radius 1 is 0.857 bits per heavy atom. The zero-order valence-corrected chi connectivity index (χ0v) is 15.0. The fraction of sp³-hybridized carbons (Fsp3) is 0.0870. The molecule has 0 saturated heterocycles. The quantitative estimate of drug-likeness (QED) is 0.536. The Labute approximate surface area is 160 Å². The van der Waals surface area contributed by atoms with Crippen LogP contribution in [-0.4, -0.2) is 27.6 Å². The van der Waals surface area contributed by atoms with Crippen molar-refractivity contribution in [2.75, 3.05) is 0 Å². The zero-order chi connectivity index (χ0) is 20.0. The van der Waals surface area contributed by atoms with Crippen LogP contribution in [0.2, 0.25) is 0 Å². The van der Waals surface area contributed by atoms with E-state index in [1.165, 1.54) is 24.3 Å². The van der Waals surface area contributed by atoms with Crippen LogP contribution in [0, 0.1) is 6.92 Å². The van der Waals surface area contributed by atoms with Crippen molar-refractivity contribution in [1.29, 1.82) is 0 Å². The number of hydrogen-bond donors (Lipinski definition) is 2. The lowest BCUT2D eigenvalue weighted by molar-refractivity contribution is 0.0972. The van der Waals surface area contributed by atoms with Crippen LogP contribution in [0.1, 0.15) is 53.3 Å². The topological polar surface area (TPSA) is 91.7 Å². The second kappa shape index (κ2) is 6.46. The van der Waals surface area contributed by atoms with Crippen LogP contribution in [0.5, 0.6) is 11.5 Å². The molecule has 4 rings (SSSR count). The number of aromatic hydroxyl groups is 2. The van der Waals surface area contributed by atoms with Gasteiger partial charge in [0.1, 0.15) is 11.5 Å². The van der Waals surface area contributed by atoms with E-state index in [1.807, 2.05) is 0 Å². The summed E-state index contributed by atoms with van der Waals surface area (Å²) in [6, 6.07) is 14.4. The summed E-state index contributed by atoms with van der Waals surface area (Å²) in [6.45, 7) is 1.68. The summed E-state index contributed by atoms with van der Waals surface area (Å²) in [5, 5.41) is 20.9. The van der Waals surface area contributed by atoms with Gasteiger partial charge >= 0.3 is 0 Å². The summed E-state index contributed by atoms with van der Waals surface area (Å²) < 4.78 is 0. The standard InChI is InChI=1S/C23H16O5/c1-12-10-16-20(23(28)19-14(21(16)26)8-5-9-17(19)24)22(27)15(12)11-18(25)13-6-3-2-4-7-13/h2-10,24,27H,11H2,1H3. The minimum absolute atomic E-state index is 0.0778. The molecule has 0 unspecified atom stereocenters. The van der Waals surface area contributed by atoms with Crippen molar-refractivity contribution in [2.45, 2.75) is 13.3 Å². The van der Waals surface area contributed by atoms with Crippen molar-refractivity contribution in [3.05, 3.63) is 93.5 Å². The number of hydrogen-bond acceptors (Lipinski definition) is 5. The van der Waals surface area contributed by atoms with Gasteiger partial charge in [-0.3, -0.25) is 14.4 Å². The van der Waals surface area contributed by atoms with Gasteiger partial charge < -0.3 is 10.2 Å². The number of rotatable bonds is 3. The Hall–Kier alpha value is -3.73. The van der Waals surface area contributed by atoms with Crippen LogP contribution in [-0.2, 0) is 6.42 Å². The molecule has 0 aromatic heterocycles. The molecule has 2 N–H and O–H groups in total. The highest BCUT2D eigenvalue weighted by Gasteiger charge is 2.35. The average Bonchev–Trinajstić information content (AvgIpc) is 2.69. The number of phenols is 2. The molecule has 28 heavy (non-hydrogen) atoms. The van der Waals surface area contributed by atoms with E-state index in [0.717, 1.165) is 0 Å². The van der Waals surface area contributed by atoms with Gasteiger partial charge in [0.25, 0.3) is 0 Å². The summed E-state index contributed by atoms with van der Waals surface area (Å²) in [5.41, 5.74) is 1.22. The molecule has 0 bridgehead atoms. The van der Waals surface area contributed by atoms with Gasteiger partial charge in [-0.25, -0.2) is 0 Å². The summed E-state index contributed by atoms with van der Waals surface area (Å²) in [4.78, 5) is 38.4. The molecule has 1 aliphatic rings. The molecule has 5 heteroatoms. The predicted octanol–water partition coefficient (Wildman–Crippen LogP) is 3.61. The minimum Gasteiger partial charge on any atom is -0.507 e. The van der Waals surface area contributed by atoms with E-state index in [9.17, 15) is 24.6 Å². The second-order valence-corrected chi connectivity index (χ2v) is 6.77. The lowest BCUT2D eigenvalue weighted by Gasteiger charge is -2.22. The van der Waals surface area contributed by atoms with E-state index in [-0.39, 0.29) is 46.0 Å². The molecule has 3 aromatic carbocycles. The van der Waals surface area contributed by atoms with Crippen molar-refractivity contribution in [1.82, 2.24) is 0 Å². The Morgan fingerprint density at radius 3 is 2.29 bits per heavy atom. The second-order valence-electron chi connectivity index (χ2n) is 6.77. The van der Waals surface area contributed by atoms with Gasteiger partial charge in [0.05, 0.1) is 11.1 Å². The van der Waals surface area contributed by atoms with Crippen molar-refractivity contribution in [2.24, 2.45) is 0 Å². The predicted molar refractivity (Wildman–Crippen MR) is 102 cm³/mol. The van der Waals surface area contributed by atoms with Crippen molar-refractivity contribution in [3.8, 4) is 11.5 Å². The molecule has 3 aromatic rings. The molecule has 5 nitrogen and oxygen atoms in total. The van der Waals surface area contributed by atoms with Gasteiger partial charge in [-0.1, -0.05) is 42.5 Å². The van der Waals surface area contributed by atoms with E-state index in [1.54, 1.807) is 37.3 Å². The van der Waals surface area contributed by atoms with Gasteiger partial charge in [-0.2, -0.15) is 0 Å². The maximum atomic E-state index is 13.0. The van der Waals surface area contributed by atoms with Gasteiger partial charge in [0.2, 0.25) is 5.78 Å². The largest absolute Gasteiger partial charge is 0.507 e. The van der Waals surface area contributed by atoms with Gasteiger partial charge in [0.15, 0.2) is 11.6 Å². The van der Waals surface area contributed by atoms with E-state index < -0.39 is 11.6 Å². The molecule has 0 spiro atoms. The average molecular weight is 372 g/mol. The van der Waals surface area contributed by atoms with Crippen LogP contribution in [0.15, 0.2) is 54.6 Å². The molecule has 0 heterocycles. The van der Waals surface area contributed by atoms with E-state index in [0.29, 0.717) is 16.7 Å². The van der Waals surface area contributed by atoms with Crippen LogP contribution in [0.25, 0.3) is 0 Å².